The number of ketones is 1. The summed E-state index contributed by atoms with van der Waals surface area (Å²) in [5.74, 6) is 0.779. The summed E-state index contributed by atoms with van der Waals surface area (Å²) >= 11 is 0. The highest BCUT2D eigenvalue weighted by molar-refractivity contribution is 6.00. The van der Waals surface area contributed by atoms with Crippen LogP contribution in [0.3, 0.4) is 0 Å². The Morgan fingerprint density at radius 3 is 2.46 bits per heavy atom. The molecule has 28 heavy (non-hydrogen) atoms. The van der Waals surface area contributed by atoms with Crippen molar-refractivity contribution in [2.45, 2.75) is 39.5 Å². The maximum atomic E-state index is 13.2. The lowest BCUT2D eigenvalue weighted by atomic mass is 9.69. The van der Waals surface area contributed by atoms with Gasteiger partial charge in [0.25, 0.3) is 0 Å². The number of rotatable bonds is 4. The minimum absolute atomic E-state index is 0.0808. The van der Waals surface area contributed by atoms with Crippen molar-refractivity contribution in [2.75, 3.05) is 20.7 Å². The van der Waals surface area contributed by atoms with Gasteiger partial charge in [0.05, 0.1) is 24.2 Å². The molecule has 148 valence electrons. The number of nitrogens with two attached hydrogens (primary N) is 1. The van der Waals surface area contributed by atoms with Crippen LogP contribution in [0.5, 0.6) is 5.75 Å². The van der Waals surface area contributed by atoms with Crippen molar-refractivity contribution in [2.24, 2.45) is 11.1 Å². The summed E-state index contributed by atoms with van der Waals surface area (Å²) in [6, 6.07) is 9.86. The molecule has 1 heterocycles. The maximum Gasteiger partial charge on any atom is 0.162 e. The molecule has 2 aliphatic rings. The summed E-state index contributed by atoms with van der Waals surface area (Å²) in [4.78, 5) is 13.2. The third kappa shape index (κ3) is 3.38. The van der Waals surface area contributed by atoms with E-state index in [0.29, 0.717) is 30.0 Å². The first-order valence-corrected chi connectivity index (χ1v) is 9.56. The largest absolute Gasteiger partial charge is 0.494 e. The number of hydrazine groups is 1. The highest BCUT2D eigenvalue weighted by Gasteiger charge is 2.44. The van der Waals surface area contributed by atoms with Gasteiger partial charge in [-0.2, -0.15) is 5.26 Å². The van der Waals surface area contributed by atoms with E-state index in [9.17, 15) is 10.1 Å². The van der Waals surface area contributed by atoms with Gasteiger partial charge in [-0.05, 0) is 36.5 Å². The van der Waals surface area contributed by atoms with Gasteiger partial charge >= 0.3 is 0 Å². The van der Waals surface area contributed by atoms with Crippen LogP contribution in [-0.4, -0.2) is 36.5 Å². The average Bonchev–Trinajstić information content (AvgIpc) is 2.60. The summed E-state index contributed by atoms with van der Waals surface area (Å²) < 4.78 is 5.53. The first-order chi connectivity index (χ1) is 13.2. The van der Waals surface area contributed by atoms with E-state index in [4.69, 9.17) is 10.5 Å². The van der Waals surface area contributed by atoms with Gasteiger partial charge in [-0.3, -0.25) is 9.80 Å². The maximum absolute atomic E-state index is 13.2. The third-order valence-electron chi connectivity index (χ3n) is 5.28. The minimum atomic E-state index is -0.449. The molecule has 1 aliphatic heterocycles. The molecular weight excluding hydrogens is 352 g/mol. The Morgan fingerprint density at radius 1 is 1.29 bits per heavy atom. The van der Waals surface area contributed by atoms with Crippen LogP contribution in [0.15, 0.2) is 46.9 Å². The molecule has 0 amide bonds. The standard InChI is InChI=1S/C22H28N4O2/c1-6-28-15-9-7-14(8-10-15)19-16(13-23)21(24)26(25(4)5)17-11-22(2,3)12-18(27)20(17)19/h7-10,19H,6,11-12,24H2,1-5H3/t19-/m1/s1. The van der Waals surface area contributed by atoms with Gasteiger partial charge in [0, 0.05) is 31.8 Å². The van der Waals surface area contributed by atoms with Gasteiger partial charge in [0.2, 0.25) is 0 Å². The molecule has 2 N–H and O–H groups in total. The van der Waals surface area contributed by atoms with Crippen LogP contribution in [0.1, 0.15) is 45.1 Å². The highest BCUT2D eigenvalue weighted by atomic mass is 16.5. The number of nitriles is 1. The van der Waals surface area contributed by atoms with E-state index in [2.05, 4.69) is 19.9 Å². The Hall–Kier alpha value is -2.78. The number of nitrogens with zero attached hydrogens (tertiary/aromatic N) is 3. The first kappa shape index (κ1) is 20.0. The molecule has 3 rings (SSSR count). The van der Waals surface area contributed by atoms with E-state index < -0.39 is 5.92 Å². The second-order valence-electron chi connectivity index (χ2n) is 8.31. The smallest absolute Gasteiger partial charge is 0.162 e. The number of carbonyl (C=O) groups excluding carboxylic acids is 1. The van der Waals surface area contributed by atoms with E-state index in [1.54, 1.807) is 0 Å². The summed E-state index contributed by atoms with van der Waals surface area (Å²) in [5.41, 5.74) is 9.16. The lowest BCUT2D eigenvalue weighted by Gasteiger charge is -2.45. The van der Waals surface area contributed by atoms with E-state index in [1.165, 1.54) is 0 Å². The minimum Gasteiger partial charge on any atom is -0.494 e. The van der Waals surface area contributed by atoms with Crippen LogP contribution in [0.25, 0.3) is 0 Å². The van der Waals surface area contributed by atoms with Crippen molar-refractivity contribution in [1.29, 1.82) is 5.26 Å². The normalized spacial score (nSPS) is 21.7. The van der Waals surface area contributed by atoms with Crippen LogP contribution < -0.4 is 10.5 Å². The van der Waals surface area contributed by atoms with E-state index in [0.717, 1.165) is 23.4 Å². The van der Waals surface area contributed by atoms with Crippen molar-refractivity contribution in [3.05, 3.63) is 52.5 Å². The first-order valence-electron chi connectivity index (χ1n) is 9.56. The molecule has 0 radical (unpaired) electrons. The molecule has 0 saturated carbocycles. The fourth-order valence-electron chi connectivity index (χ4n) is 4.21. The summed E-state index contributed by atoms with van der Waals surface area (Å²) in [6.07, 6.45) is 1.18. The molecule has 0 unspecified atom stereocenters. The Kier molecular flexibility index (Phi) is 5.22. The Bertz CT molecular complexity index is 888. The van der Waals surface area contributed by atoms with Gasteiger partial charge < -0.3 is 10.5 Å². The lowest BCUT2D eigenvalue weighted by molar-refractivity contribution is -0.119. The van der Waals surface area contributed by atoms with E-state index in [1.807, 2.05) is 55.3 Å². The number of benzene rings is 1. The number of hydrogen-bond acceptors (Lipinski definition) is 6. The van der Waals surface area contributed by atoms with Crippen molar-refractivity contribution in [1.82, 2.24) is 10.0 Å². The Labute approximate surface area is 166 Å². The van der Waals surface area contributed by atoms with Crippen LogP contribution in [0.4, 0.5) is 0 Å². The topological polar surface area (TPSA) is 82.6 Å². The van der Waals surface area contributed by atoms with Gasteiger partial charge in [-0.1, -0.05) is 26.0 Å². The number of Topliss-reactive ketones (excluding diaryl/α,β-unsaturated/α-hetero) is 1. The van der Waals surface area contributed by atoms with Crippen LogP contribution >= 0.6 is 0 Å². The second-order valence-corrected chi connectivity index (χ2v) is 8.31. The SMILES string of the molecule is CCOc1ccc([C@@H]2C(C#N)=C(N)N(N(C)C)C3=C2C(=O)CC(C)(C)C3)cc1. The molecule has 6 nitrogen and oxygen atoms in total. The molecule has 0 bridgehead atoms. The molecule has 1 atom stereocenters. The van der Waals surface area contributed by atoms with Crippen molar-refractivity contribution in [3.8, 4) is 11.8 Å². The lowest BCUT2D eigenvalue weighted by Crippen LogP contribution is -2.47. The molecule has 6 heteroatoms. The van der Waals surface area contributed by atoms with E-state index in [-0.39, 0.29) is 11.2 Å². The molecule has 1 aromatic rings. The molecule has 0 saturated heterocycles. The van der Waals surface area contributed by atoms with Crippen LogP contribution in [0, 0.1) is 16.7 Å². The summed E-state index contributed by atoms with van der Waals surface area (Å²) in [7, 11) is 3.74. The quantitative estimate of drug-likeness (QED) is 0.863. The Balaban J connectivity index is 2.20. The zero-order chi connectivity index (χ0) is 20.6. The Morgan fingerprint density at radius 2 is 1.93 bits per heavy atom. The molecular formula is C22H28N4O2. The predicted molar refractivity (Wildman–Crippen MR) is 108 cm³/mol. The zero-order valence-electron chi connectivity index (χ0n) is 17.2. The number of carbonyl (C=O) groups is 1. The van der Waals surface area contributed by atoms with Crippen LogP contribution in [0.2, 0.25) is 0 Å². The van der Waals surface area contributed by atoms with Crippen molar-refractivity contribution < 1.29 is 9.53 Å². The summed E-state index contributed by atoms with van der Waals surface area (Å²) in [5, 5.41) is 13.6. The third-order valence-corrected chi connectivity index (χ3v) is 5.28. The van der Waals surface area contributed by atoms with Gasteiger partial charge in [-0.25, -0.2) is 5.01 Å². The fraction of sp³-hybridized carbons (Fsp3) is 0.455. The van der Waals surface area contributed by atoms with Gasteiger partial charge in [0.1, 0.15) is 11.6 Å². The average molecular weight is 380 g/mol. The van der Waals surface area contributed by atoms with Gasteiger partial charge in [0.15, 0.2) is 5.78 Å². The fourth-order valence-corrected chi connectivity index (χ4v) is 4.21. The molecule has 0 fully saturated rings. The van der Waals surface area contributed by atoms with Crippen molar-refractivity contribution >= 4 is 5.78 Å². The summed E-state index contributed by atoms with van der Waals surface area (Å²) in [6.45, 7) is 6.70. The molecule has 1 aliphatic carbocycles. The molecule has 1 aromatic carbocycles. The number of hydrogen-bond donors (Lipinski definition) is 1. The monoisotopic (exact) mass is 380 g/mol. The molecule has 0 aromatic heterocycles. The number of allylic oxidation sites excluding steroid dienone is 3. The van der Waals surface area contributed by atoms with Crippen LogP contribution in [-0.2, 0) is 4.79 Å². The molecule has 0 spiro atoms. The van der Waals surface area contributed by atoms with E-state index >= 15 is 0 Å². The predicted octanol–water partition coefficient (Wildman–Crippen LogP) is 3.30. The van der Waals surface area contributed by atoms with Gasteiger partial charge in [-0.15, -0.1) is 0 Å². The highest BCUT2D eigenvalue weighted by Crippen LogP contribution is 2.49. The number of ether oxygens (including phenoxy) is 1. The zero-order valence-corrected chi connectivity index (χ0v) is 17.2. The van der Waals surface area contributed by atoms with Crippen molar-refractivity contribution in [3.63, 3.8) is 0 Å². The second kappa shape index (κ2) is 7.33.